The molecule has 1 amide bonds. The Bertz CT molecular complexity index is 713. The molecule has 0 unspecified atom stereocenters. The number of nitrogens with one attached hydrogen (secondary N) is 2. The van der Waals surface area contributed by atoms with Gasteiger partial charge < -0.3 is 15.2 Å². The maximum Gasteiger partial charge on any atom is 0.221 e. The summed E-state index contributed by atoms with van der Waals surface area (Å²) < 4.78 is 0. The molecule has 0 atom stereocenters. The van der Waals surface area contributed by atoms with Gasteiger partial charge in [0.05, 0.1) is 11.0 Å². The Morgan fingerprint density at radius 1 is 1.46 bits per heavy atom. The Morgan fingerprint density at radius 3 is 3.00 bits per heavy atom. The average molecular weight is 326 g/mol. The molecular weight excluding hydrogens is 300 g/mol. The molecule has 0 radical (unpaired) electrons. The van der Waals surface area contributed by atoms with Gasteiger partial charge in [-0.3, -0.25) is 4.79 Å². The topological polar surface area (TPSA) is 61.0 Å². The number of imidazole rings is 1. The van der Waals surface area contributed by atoms with Gasteiger partial charge in [0, 0.05) is 25.4 Å². The highest BCUT2D eigenvalue weighted by molar-refractivity contribution is 5.76. The van der Waals surface area contributed by atoms with E-state index in [0.29, 0.717) is 18.9 Å². The molecule has 5 heteroatoms. The summed E-state index contributed by atoms with van der Waals surface area (Å²) in [6.07, 6.45) is 4.45. The van der Waals surface area contributed by atoms with Gasteiger partial charge in [-0.25, -0.2) is 4.98 Å². The zero-order chi connectivity index (χ0) is 16.9. The lowest BCUT2D eigenvalue weighted by atomic mass is 9.96. The van der Waals surface area contributed by atoms with Crippen molar-refractivity contribution in [2.24, 2.45) is 0 Å². The van der Waals surface area contributed by atoms with Crippen molar-refractivity contribution in [3.05, 3.63) is 42.2 Å². The second-order valence-electron chi connectivity index (χ2n) is 6.60. The molecule has 2 aromatic rings. The van der Waals surface area contributed by atoms with Crippen LogP contribution in [0.3, 0.4) is 0 Å². The van der Waals surface area contributed by atoms with Crippen LogP contribution in [-0.2, 0) is 4.79 Å². The largest absolute Gasteiger partial charge is 0.353 e. The van der Waals surface area contributed by atoms with E-state index >= 15 is 0 Å². The normalized spacial score (nSPS) is 16.4. The van der Waals surface area contributed by atoms with E-state index in [4.69, 9.17) is 4.98 Å². The fourth-order valence-electron chi connectivity index (χ4n) is 3.30. The van der Waals surface area contributed by atoms with Gasteiger partial charge in [-0.15, -0.1) is 6.58 Å². The van der Waals surface area contributed by atoms with Crippen molar-refractivity contribution in [3.8, 4) is 0 Å². The van der Waals surface area contributed by atoms with Gasteiger partial charge in [-0.05, 0) is 50.6 Å². The van der Waals surface area contributed by atoms with Crippen molar-refractivity contribution >= 4 is 16.9 Å². The Kier molecular flexibility index (Phi) is 5.30. The molecular formula is C19H26N4O. The highest BCUT2D eigenvalue weighted by Gasteiger charge is 2.23. The minimum absolute atomic E-state index is 0.102. The van der Waals surface area contributed by atoms with Gasteiger partial charge in [0.25, 0.3) is 0 Å². The van der Waals surface area contributed by atoms with Crippen molar-refractivity contribution in [2.45, 2.75) is 32.1 Å². The number of hydrogen-bond donors (Lipinski definition) is 2. The van der Waals surface area contributed by atoms with Gasteiger partial charge in [-0.1, -0.05) is 12.1 Å². The van der Waals surface area contributed by atoms with E-state index in [-0.39, 0.29) is 5.91 Å². The number of benzene rings is 1. The first-order valence-electron chi connectivity index (χ1n) is 8.72. The molecule has 5 nitrogen and oxygen atoms in total. The minimum Gasteiger partial charge on any atom is -0.353 e. The lowest BCUT2D eigenvalue weighted by Gasteiger charge is -2.30. The number of carbonyl (C=O) groups excluding carboxylic acids is 1. The minimum atomic E-state index is 0.102. The molecule has 1 aliphatic heterocycles. The van der Waals surface area contributed by atoms with E-state index in [9.17, 15) is 4.79 Å². The summed E-state index contributed by atoms with van der Waals surface area (Å²) in [6, 6.07) is 6.34. The first kappa shape index (κ1) is 16.7. The maximum atomic E-state index is 11.7. The summed E-state index contributed by atoms with van der Waals surface area (Å²) in [7, 11) is 0. The van der Waals surface area contributed by atoms with Crippen LogP contribution in [0.5, 0.6) is 0 Å². The molecule has 2 N–H and O–H groups in total. The smallest absolute Gasteiger partial charge is 0.221 e. The Balaban J connectivity index is 1.50. The molecule has 24 heavy (non-hydrogen) atoms. The van der Waals surface area contributed by atoms with E-state index in [0.717, 1.165) is 49.3 Å². The lowest BCUT2D eigenvalue weighted by molar-refractivity contribution is -0.121. The lowest BCUT2D eigenvalue weighted by Crippen LogP contribution is -2.36. The van der Waals surface area contributed by atoms with E-state index in [1.54, 1.807) is 6.08 Å². The number of fused-ring (bicyclic) bond motifs is 1. The van der Waals surface area contributed by atoms with E-state index < -0.39 is 0 Å². The van der Waals surface area contributed by atoms with Crippen LogP contribution in [-0.4, -0.2) is 47.0 Å². The molecule has 0 spiro atoms. The Hall–Kier alpha value is -2.14. The summed E-state index contributed by atoms with van der Waals surface area (Å²) in [5.74, 6) is 1.70. The number of nitrogens with zero attached hydrogens (tertiary/aromatic N) is 2. The number of piperidine rings is 1. The van der Waals surface area contributed by atoms with Crippen LogP contribution in [0.25, 0.3) is 11.0 Å². The van der Waals surface area contributed by atoms with Crippen LogP contribution in [0, 0.1) is 6.92 Å². The molecule has 1 aromatic carbocycles. The van der Waals surface area contributed by atoms with Crippen molar-refractivity contribution in [1.82, 2.24) is 20.2 Å². The first-order chi connectivity index (χ1) is 11.7. The van der Waals surface area contributed by atoms with Gasteiger partial charge in [-0.2, -0.15) is 0 Å². The van der Waals surface area contributed by atoms with Crippen molar-refractivity contribution < 1.29 is 4.79 Å². The van der Waals surface area contributed by atoms with Gasteiger partial charge >= 0.3 is 0 Å². The molecule has 1 saturated heterocycles. The summed E-state index contributed by atoms with van der Waals surface area (Å²) in [4.78, 5) is 22.3. The molecule has 1 fully saturated rings. The summed E-state index contributed by atoms with van der Waals surface area (Å²) >= 11 is 0. The second kappa shape index (κ2) is 7.62. The number of carbonyl (C=O) groups is 1. The number of H-pyrrole nitrogens is 1. The van der Waals surface area contributed by atoms with Crippen molar-refractivity contribution in [3.63, 3.8) is 0 Å². The molecule has 0 aliphatic carbocycles. The van der Waals surface area contributed by atoms with Crippen molar-refractivity contribution in [2.75, 3.05) is 26.2 Å². The first-order valence-corrected chi connectivity index (χ1v) is 8.72. The number of likely N-dealkylation sites (tertiary alicyclic amines) is 1. The highest BCUT2D eigenvalue weighted by Crippen LogP contribution is 2.28. The summed E-state index contributed by atoms with van der Waals surface area (Å²) in [5, 5.41) is 2.83. The highest BCUT2D eigenvalue weighted by atomic mass is 16.1. The Morgan fingerprint density at radius 2 is 2.25 bits per heavy atom. The zero-order valence-electron chi connectivity index (χ0n) is 14.3. The molecule has 128 valence electrons. The second-order valence-corrected chi connectivity index (χ2v) is 6.60. The monoisotopic (exact) mass is 326 g/mol. The average Bonchev–Trinajstić information content (AvgIpc) is 3.01. The standard InChI is InChI=1S/C19H26N4O/c1-3-9-20-18(24)8-12-23-10-6-15(7-11-23)19-21-16-5-4-14(2)13-17(16)22-19/h3-5,13,15H,1,6-12H2,2H3,(H,20,24)(H,21,22). The maximum absolute atomic E-state index is 11.7. The molecule has 0 saturated carbocycles. The third kappa shape index (κ3) is 4.03. The number of aromatic amines is 1. The van der Waals surface area contributed by atoms with Crippen LogP contribution >= 0.6 is 0 Å². The predicted octanol–water partition coefficient (Wildman–Crippen LogP) is 2.74. The quantitative estimate of drug-likeness (QED) is 0.803. The van der Waals surface area contributed by atoms with E-state index in [1.807, 2.05) is 0 Å². The zero-order valence-corrected chi connectivity index (χ0v) is 14.3. The third-order valence-corrected chi connectivity index (χ3v) is 4.73. The molecule has 1 aromatic heterocycles. The number of amides is 1. The van der Waals surface area contributed by atoms with Crippen LogP contribution in [0.1, 0.15) is 36.6 Å². The number of rotatable bonds is 6. The fraction of sp³-hybridized carbons (Fsp3) is 0.474. The fourth-order valence-corrected chi connectivity index (χ4v) is 3.30. The van der Waals surface area contributed by atoms with Gasteiger partial charge in [0.1, 0.15) is 5.82 Å². The Labute approximate surface area is 143 Å². The predicted molar refractivity (Wildman–Crippen MR) is 97.1 cm³/mol. The number of aromatic nitrogens is 2. The van der Waals surface area contributed by atoms with Crippen molar-refractivity contribution in [1.29, 1.82) is 0 Å². The molecule has 2 heterocycles. The molecule has 3 rings (SSSR count). The number of hydrogen-bond acceptors (Lipinski definition) is 3. The van der Waals surface area contributed by atoms with Crippen LogP contribution in [0.4, 0.5) is 0 Å². The van der Waals surface area contributed by atoms with Gasteiger partial charge in [0.15, 0.2) is 0 Å². The van der Waals surface area contributed by atoms with E-state index in [1.165, 1.54) is 5.56 Å². The van der Waals surface area contributed by atoms with Crippen LogP contribution in [0.15, 0.2) is 30.9 Å². The summed E-state index contributed by atoms with van der Waals surface area (Å²) in [6.45, 7) is 9.13. The molecule has 1 aliphatic rings. The van der Waals surface area contributed by atoms with Crippen LogP contribution < -0.4 is 5.32 Å². The van der Waals surface area contributed by atoms with Crippen LogP contribution in [0.2, 0.25) is 0 Å². The van der Waals surface area contributed by atoms with Gasteiger partial charge in [0.2, 0.25) is 5.91 Å². The summed E-state index contributed by atoms with van der Waals surface area (Å²) in [5.41, 5.74) is 3.44. The molecule has 0 bridgehead atoms. The number of aryl methyl sites for hydroxylation is 1. The van der Waals surface area contributed by atoms with E-state index in [2.05, 4.69) is 46.9 Å². The SMILES string of the molecule is C=CCNC(=O)CCN1CCC(c2nc3ccc(C)cc3[nH]2)CC1. The third-order valence-electron chi connectivity index (χ3n) is 4.73.